The van der Waals surface area contributed by atoms with Gasteiger partial charge in [-0.05, 0) is 60.7 Å². The molecule has 1 amide bonds. The van der Waals surface area contributed by atoms with Crippen molar-refractivity contribution in [2.75, 3.05) is 10.6 Å². The molecule has 1 fully saturated rings. The van der Waals surface area contributed by atoms with Crippen LogP contribution in [0.25, 0.3) is 10.2 Å². The average molecular weight is 400 g/mol. The smallest absolute Gasteiger partial charge is 0.243 e. The molecule has 0 unspecified atom stereocenters. The zero-order valence-corrected chi connectivity index (χ0v) is 16.4. The van der Waals surface area contributed by atoms with Crippen LogP contribution in [0.2, 0.25) is 0 Å². The van der Waals surface area contributed by atoms with Crippen LogP contribution >= 0.6 is 22.7 Å². The number of nitrogens with zero attached hydrogens (tertiary/aromatic N) is 2. The van der Waals surface area contributed by atoms with Crippen LogP contribution in [0.1, 0.15) is 25.7 Å². The molecule has 0 saturated heterocycles. The van der Waals surface area contributed by atoms with E-state index >= 15 is 0 Å². The molecule has 3 aromatic heterocycles. The van der Waals surface area contributed by atoms with Crippen LogP contribution in [0.3, 0.4) is 0 Å². The van der Waals surface area contributed by atoms with Crippen molar-refractivity contribution in [3.63, 3.8) is 0 Å². The predicted molar refractivity (Wildman–Crippen MR) is 113 cm³/mol. The molecule has 1 aliphatic rings. The van der Waals surface area contributed by atoms with Crippen molar-refractivity contribution < 1.29 is 4.79 Å². The minimum Gasteiger partial charge on any atom is -0.366 e. The van der Waals surface area contributed by atoms with E-state index in [2.05, 4.69) is 27.5 Å². The first kappa shape index (κ1) is 17.9. The van der Waals surface area contributed by atoms with Crippen LogP contribution in [-0.2, 0) is 4.79 Å². The molecule has 0 spiro atoms. The molecule has 1 saturated carbocycles. The second kappa shape index (κ2) is 8.06. The molecule has 3 N–H and O–H groups in total. The van der Waals surface area contributed by atoms with Crippen molar-refractivity contribution in [3.8, 4) is 0 Å². The lowest BCUT2D eigenvalue weighted by Gasteiger charge is -2.29. The number of fused-ring (bicyclic) bond motifs is 1. The van der Waals surface area contributed by atoms with Gasteiger partial charge in [-0.2, -0.15) is 4.98 Å². The van der Waals surface area contributed by atoms with Crippen LogP contribution in [0.5, 0.6) is 0 Å². The second-order valence-corrected chi connectivity index (χ2v) is 8.40. The summed E-state index contributed by atoms with van der Waals surface area (Å²) in [6, 6.07) is 6.61. The molecule has 1 aliphatic carbocycles. The number of hydrogen-bond donors (Lipinski definition) is 3. The number of carbonyl (C=O) groups is 1. The van der Waals surface area contributed by atoms with Gasteiger partial charge in [0.1, 0.15) is 5.82 Å². The van der Waals surface area contributed by atoms with Gasteiger partial charge in [-0.1, -0.05) is 6.58 Å². The zero-order chi connectivity index (χ0) is 18.6. The van der Waals surface area contributed by atoms with Gasteiger partial charge in [0, 0.05) is 12.1 Å². The monoisotopic (exact) mass is 399 g/mol. The topological polar surface area (TPSA) is 78.9 Å². The third-order valence-corrected chi connectivity index (χ3v) is 6.36. The number of amides is 1. The van der Waals surface area contributed by atoms with E-state index in [1.807, 2.05) is 29.0 Å². The largest absolute Gasteiger partial charge is 0.366 e. The van der Waals surface area contributed by atoms with E-state index in [1.54, 1.807) is 22.7 Å². The SMILES string of the molecule is C=CC(=O)NC1CCC(Nc2nc(Nc3cccs3)nc3ccsc23)CC1. The van der Waals surface area contributed by atoms with Crippen molar-refractivity contribution in [3.05, 3.63) is 41.6 Å². The number of hydrogen-bond acceptors (Lipinski definition) is 7. The summed E-state index contributed by atoms with van der Waals surface area (Å²) in [7, 11) is 0. The van der Waals surface area contributed by atoms with E-state index in [9.17, 15) is 4.79 Å². The Labute approximate surface area is 165 Å². The van der Waals surface area contributed by atoms with Crippen LogP contribution in [-0.4, -0.2) is 28.0 Å². The van der Waals surface area contributed by atoms with E-state index in [1.165, 1.54) is 6.08 Å². The highest BCUT2D eigenvalue weighted by Gasteiger charge is 2.23. The summed E-state index contributed by atoms with van der Waals surface area (Å²) in [5, 5.41) is 15.0. The standard InChI is InChI=1S/C19H21N5OS2/c1-2-15(25)20-12-5-7-13(8-6-12)21-18-17-14(9-11-27-17)22-19(24-18)23-16-4-3-10-26-16/h2-4,9-13H,1,5-8H2,(H,20,25)(H2,21,22,23,24). The van der Waals surface area contributed by atoms with Crippen molar-refractivity contribution in [1.82, 2.24) is 15.3 Å². The summed E-state index contributed by atoms with van der Waals surface area (Å²) < 4.78 is 1.08. The van der Waals surface area contributed by atoms with Gasteiger partial charge in [0.15, 0.2) is 0 Å². The summed E-state index contributed by atoms with van der Waals surface area (Å²) in [5.41, 5.74) is 0.948. The quantitative estimate of drug-likeness (QED) is 0.531. The first-order valence-corrected chi connectivity index (χ1v) is 10.7. The summed E-state index contributed by atoms with van der Waals surface area (Å²) in [4.78, 5) is 20.8. The van der Waals surface area contributed by atoms with Crippen LogP contribution in [0, 0.1) is 0 Å². The molecule has 0 aliphatic heterocycles. The normalized spacial score (nSPS) is 19.6. The first-order chi connectivity index (χ1) is 13.2. The van der Waals surface area contributed by atoms with Crippen LogP contribution in [0.15, 0.2) is 41.6 Å². The van der Waals surface area contributed by atoms with Crippen molar-refractivity contribution in [1.29, 1.82) is 0 Å². The molecule has 27 heavy (non-hydrogen) atoms. The summed E-state index contributed by atoms with van der Waals surface area (Å²) in [6.07, 6.45) is 5.23. The highest BCUT2D eigenvalue weighted by Crippen LogP contribution is 2.31. The Morgan fingerprint density at radius 2 is 1.93 bits per heavy atom. The Hall–Kier alpha value is -2.45. The molecular formula is C19H21N5OS2. The van der Waals surface area contributed by atoms with Gasteiger partial charge in [0.05, 0.1) is 15.2 Å². The van der Waals surface area contributed by atoms with Gasteiger partial charge in [-0.15, -0.1) is 22.7 Å². The highest BCUT2D eigenvalue weighted by atomic mass is 32.1. The zero-order valence-electron chi connectivity index (χ0n) is 14.8. The van der Waals surface area contributed by atoms with Crippen LogP contribution < -0.4 is 16.0 Å². The number of carbonyl (C=O) groups excluding carboxylic acids is 1. The highest BCUT2D eigenvalue weighted by molar-refractivity contribution is 7.17. The van der Waals surface area contributed by atoms with Gasteiger partial charge in [-0.3, -0.25) is 4.79 Å². The Morgan fingerprint density at radius 3 is 2.67 bits per heavy atom. The molecule has 0 bridgehead atoms. The van der Waals surface area contributed by atoms with Crippen LogP contribution in [0.4, 0.5) is 16.8 Å². The molecule has 0 radical (unpaired) electrons. The Kier molecular flexibility index (Phi) is 5.35. The molecule has 4 rings (SSSR count). The van der Waals surface area contributed by atoms with Gasteiger partial charge in [0.2, 0.25) is 11.9 Å². The summed E-state index contributed by atoms with van der Waals surface area (Å²) in [5.74, 6) is 1.40. The minimum atomic E-state index is -0.0909. The summed E-state index contributed by atoms with van der Waals surface area (Å²) in [6.45, 7) is 3.51. The van der Waals surface area contributed by atoms with Crippen molar-refractivity contribution in [2.24, 2.45) is 0 Å². The third kappa shape index (κ3) is 4.28. The first-order valence-electron chi connectivity index (χ1n) is 8.96. The van der Waals surface area contributed by atoms with E-state index in [0.29, 0.717) is 12.0 Å². The lowest BCUT2D eigenvalue weighted by atomic mass is 9.91. The Bertz CT molecular complexity index is 929. The van der Waals surface area contributed by atoms with Crippen molar-refractivity contribution >= 4 is 55.6 Å². The number of anilines is 3. The number of nitrogens with one attached hydrogen (secondary N) is 3. The van der Waals surface area contributed by atoms with E-state index in [0.717, 1.165) is 46.7 Å². The molecule has 3 aromatic rings. The molecule has 6 nitrogen and oxygen atoms in total. The molecule has 3 heterocycles. The molecule has 0 atom stereocenters. The minimum absolute atomic E-state index is 0.0909. The maximum Gasteiger partial charge on any atom is 0.243 e. The van der Waals surface area contributed by atoms with E-state index < -0.39 is 0 Å². The van der Waals surface area contributed by atoms with E-state index in [4.69, 9.17) is 4.98 Å². The maximum atomic E-state index is 11.5. The summed E-state index contributed by atoms with van der Waals surface area (Å²) >= 11 is 3.27. The second-order valence-electron chi connectivity index (χ2n) is 6.54. The Morgan fingerprint density at radius 1 is 1.11 bits per heavy atom. The van der Waals surface area contributed by atoms with E-state index in [-0.39, 0.29) is 11.9 Å². The van der Waals surface area contributed by atoms with Gasteiger partial charge in [-0.25, -0.2) is 4.98 Å². The fraction of sp³-hybridized carbons (Fsp3) is 0.316. The predicted octanol–water partition coefficient (Wildman–Crippen LogP) is 4.52. The van der Waals surface area contributed by atoms with Gasteiger partial charge < -0.3 is 16.0 Å². The maximum absolute atomic E-state index is 11.5. The lowest BCUT2D eigenvalue weighted by Crippen LogP contribution is -2.39. The Balaban J connectivity index is 1.46. The molecule has 0 aromatic carbocycles. The molecule has 8 heteroatoms. The number of rotatable bonds is 6. The fourth-order valence-corrected chi connectivity index (χ4v) is 4.71. The molecular weight excluding hydrogens is 378 g/mol. The lowest BCUT2D eigenvalue weighted by molar-refractivity contribution is -0.117. The number of thiophene rings is 2. The average Bonchev–Trinajstić information content (AvgIpc) is 3.35. The number of aromatic nitrogens is 2. The van der Waals surface area contributed by atoms with Crippen molar-refractivity contribution in [2.45, 2.75) is 37.8 Å². The molecule has 140 valence electrons. The third-order valence-electron chi connectivity index (χ3n) is 4.66. The van der Waals surface area contributed by atoms with Gasteiger partial charge in [0.25, 0.3) is 0 Å². The fourth-order valence-electron chi connectivity index (χ4n) is 3.31. The van der Waals surface area contributed by atoms with Gasteiger partial charge >= 0.3 is 0 Å².